The third kappa shape index (κ3) is 2.88. The van der Waals surface area contributed by atoms with Gasteiger partial charge in [0.2, 0.25) is 0 Å². The molecule has 2 aromatic rings. The third-order valence-electron chi connectivity index (χ3n) is 5.52. The van der Waals surface area contributed by atoms with Crippen LogP contribution in [0.3, 0.4) is 0 Å². The van der Waals surface area contributed by atoms with Gasteiger partial charge in [-0.05, 0) is 35.7 Å². The minimum absolute atomic E-state index is 0.0182. The van der Waals surface area contributed by atoms with Crippen LogP contribution in [0.15, 0.2) is 54.6 Å². The lowest BCUT2D eigenvalue weighted by atomic mass is 9.89. The van der Waals surface area contributed by atoms with E-state index in [-0.39, 0.29) is 11.9 Å². The van der Waals surface area contributed by atoms with Gasteiger partial charge in [-0.15, -0.1) is 0 Å². The smallest absolute Gasteiger partial charge is 0.337 e. The highest BCUT2D eigenvalue weighted by Crippen LogP contribution is 2.43. The lowest BCUT2D eigenvalue weighted by molar-refractivity contribution is 0.0599. The summed E-state index contributed by atoms with van der Waals surface area (Å²) < 4.78 is 4.72. The number of ether oxygens (including phenoxy) is 1. The summed E-state index contributed by atoms with van der Waals surface area (Å²) >= 11 is 0. The van der Waals surface area contributed by atoms with E-state index in [1.165, 1.54) is 12.7 Å². The molecule has 2 saturated heterocycles. The molecule has 2 aliphatic rings. The highest BCUT2D eigenvalue weighted by atomic mass is 16.5. The van der Waals surface area contributed by atoms with E-state index >= 15 is 0 Å². The first-order valence-corrected chi connectivity index (χ1v) is 8.94. The zero-order chi connectivity index (χ0) is 18.1. The summed E-state index contributed by atoms with van der Waals surface area (Å²) in [6.45, 7) is 2.66. The molecule has 1 amide bonds. The molecule has 0 radical (unpaired) electrons. The monoisotopic (exact) mass is 350 g/mol. The summed E-state index contributed by atoms with van der Waals surface area (Å²) in [5, 5.41) is 3.46. The van der Waals surface area contributed by atoms with Crippen LogP contribution < -0.4 is 5.32 Å². The summed E-state index contributed by atoms with van der Waals surface area (Å²) in [5.41, 5.74) is 2.24. The molecular weight excluding hydrogens is 328 g/mol. The number of rotatable bonds is 3. The van der Waals surface area contributed by atoms with E-state index in [4.69, 9.17) is 4.74 Å². The average molecular weight is 350 g/mol. The minimum atomic E-state index is -0.395. The van der Waals surface area contributed by atoms with Crippen molar-refractivity contribution in [3.8, 4) is 0 Å². The summed E-state index contributed by atoms with van der Waals surface area (Å²) in [5.74, 6) is 0.548. The van der Waals surface area contributed by atoms with Gasteiger partial charge in [0.25, 0.3) is 5.91 Å². The van der Waals surface area contributed by atoms with E-state index in [1.54, 1.807) is 24.3 Å². The van der Waals surface area contributed by atoms with Crippen LogP contribution in [0.1, 0.15) is 32.3 Å². The van der Waals surface area contributed by atoms with Crippen molar-refractivity contribution in [2.75, 3.05) is 26.7 Å². The standard InChI is InChI=1S/C21H22N2O3/c1-26-21(25)16-9-7-15(8-10-16)20(24)23-13-17-11-22-12-18(17)19(23)14-5-3-2-4-6-14/h2-10,17-19,22H,11-13H2,1H3/t17-,18-,19-/m0/s1. The van der Waals surface area contributed by atoms with E-state index in [0.717, 1.165) is 19.6 Å². The number of nitrogens with one attached hydrogen (secondary N) is 1. The Balaban J connectivity index is 1.62. The number of likely N-dealkylation sites (tertiary alicyclic amines) is 1. The predicted octanol–water partition coefficient (Wildman–Crippen LogP) is 2.51. The van der Waals surface area contributed by atoms with Crippen molar-refractivity contribution in [3.05, 3.63) is 71.3 Å². The molecule has 0 saturated carbocycles. The van der Waals surface area contributed by atoms with Crippen molar-refractivity contribution in [1.29, 1.82) is 0 Å². The maximum absolute atomic E-state index is 13.2. The number of esters is 1. The van der Waals surface area contributed by atoms with Crippen molar-refractivity contribution in [3.63, 3.8) is 0 Å². The van der Waals surface area contributed by atoms with Crippen LogP contribution in [0.2, 0.25) is 0 Å². The van der Waals surface area contributed by atoms with Crippen molar-refractivity contribution < 1.29 is 14.3 Å². The number of fused-ring (bicyclic) bond motifs is 1. The zero-order valence-electron chi connectivity index (χ0n) is 14.7. The molecule has 0 unspecified atom stereocenters. The van der Waals surface area contributed by atoms with E-state index in [9.17, 15) is 9.59 Å². The lowest BCUT2D eigenvalue weighted by Crippen LogP contribution is -2.34. The summed E-state index contributed by atoms with van der Waals surface area (Å²) in [6, 6.07) is 17.1. The molecule has 134 valence electrons. The third-order valence-corrected chi connectivity index (χ3v) is 5.52. The van der Waals surface area contributed by atoms with E-state index in [2.05, 4.69) is 17.4 Å². The fraction of sp³-hybridized carbons (Fsp3) is 0.333. The van der Waals surface area contributed by atoms with Gasteiger partial charge in [-0.3, -0.25) is 4.79 Å². The first kappa shape index (κ1) is 16.8. The van der Waals surface area contributed by atoms with Crippen LogP contribution in [0.5, 0.6) is 0 Å². The maximum Gasteiger partial charge on any atom is 0.337 e. The van der Waals surface area contributed by atoms with E-state index in [1.807, 2.05) is 23.1 Å². The van der Waals surface area contributed by atoms with Gasteiger partial charge in [0.1, 0.15) is 0 Å². The lowest BCUT2D eigenvalue weighted by Gasteiger charge is -2.28. The fourth-order valence-electron chi connectivity index (χ4n) is 4.24. The van der Waals surface area contributed by atoms with Crippen molar-refractivity contribution in [2.45, 2.75) is 6.04 Å². The van der Waals surface area contributed by atoms with Crippen LogP contribution >= 0.6 is 0 Å². The molecule has 2 aliphatic heterocycles. The molecular formula is C21H22N2O3. The molecule has 5 heteroatoms. The minimum Gasteiger partial charge on any atom is -0.465 e. The van der Waals surface area contributed by atoms with Gasteiger partial charge in [0.05, 0.1) is 18.7 Å². The molecule has 2 fully saturated rings. The van der Waals surface area contributed by atoms with Gasteiger partial charge in [0.15, 0.2) is 0 Å². The quantitative estimate of drug-likeness (QED) is 0.864. The summed E-state index contributed by atoms with van der Waals surface area (Å²) in [4.78, 5) is 26.8. The number of benzene rings is 2. The Morgan fingerprint density at radius 1 is 1.00 bits per heavy atom. The summed E-state index contributed by atoms with van der Waals surface area (Å²) in [6.07, 6.45) is 0. The first-order valence-electron chi connectivity index (χ1n) is 8.94. The van der Waals surface area contributed by atoms with Crippen molar-refractivity contribution >= 4 is 11.9 Å². The number of carbonyl (C=O) groups is 2. The number of carbonyl (C=O) groups excluding carboxylic acids is 2. The van der Waals surface area contributed by atoms with Crippen molar-refractivity contribution in [1.82, 2.24) is 10.2 Å². The van der Waals surface area contributed by atoms with Crippen molar-refractivity contribution in [2.24, 2.45) is 11.8 Å². The number of methoxy groups -OCH3 is 1. The number of hydrogen-bond donors (Lipinski definition) is 1. The van der Waals surface area contributed by atoms with Crippen LogP contribution in [0.4, 0.5) is 0 Å². The predicted molar refractivity (Wildman–Crippen MR) is 97.9 cm³/mol. The van der Waals surface area contributed by atoms with Gasteiger partial charge >= 0.3 is 5.97 Å². The second-order valence-corrected chi connectivity index (χ2v) is 6.96. The molecule has 0 spiro atoms. The highest BCUT2D eigenvalue weighted by molar-refractivity contribution is 5.96. The van der Waals surface area contributed by atoms with Crippen LogP contribution in [0, 0.1) is 11.8 Å². The number of nitrogens with zero attached hydrogens (tertiary/aromatic N) is 1. The van der Waals surface area contributed by atoms with Crippen LogP contribution in [0.25, 0.3) is 0 Å². The second-order valence-electron chi connectivity index (χ2n) is 6.96. The van der Waals surface area contributed by atoms with Gasteiger partial charge in [-0.25, -0.2) is 4.79 Å². The van der Waals surface area contributed by atoms with Gasteiger partial charge in [-0.1, -0.05) is 30.3 Å². The van der Waals surface area contributed by atoms with E-state index in [0.29, 0.717) is 23.0 Å². The number of hydrogen-bond acceptors (Lipinski definition) is 4. The largest absolute Gasteiger partial charge is 0.465 e. The molecule has 0 aliphatic carbocycles. The van der Waals surface area contributed by atoms with Crippen LogP contribution in [-0.2, 0) is 4.74 Å². The first-order chi connectivity index (χ1) is 12.7. The molecule has 2 heterocycles. The molecule has 4 rings (SSSR count). The highest BCUT2D eigenvalue weighted by Gasteiger charge is 2.46. The Morgan fingerprint density at radius 2 is 1.69 bits per heavy atom. The van der Waals surface area contributed by atoms with Crippen LogP contribution in [-0.4, -0.2) is 43.5 Å². The molecule has 0 bridgehead atoms. The molecule has 5 nitrogen and oxygen atoms in total. The second kappa shape index (κ2) is 6.92. The summed E-state index contributed by atoms with van der Waals surface area (Å²) in [7, 11) is 1.35. The Morgan fingerprint density at radius 3 is 2.38 bits per heavy atom. The maximum atomic E-state index is 13.2. The van der Waals surface area contributed by atoms with Gasteiger partial charge in [0, 0.05) is 31.1 Å². The Labute approximate surface area is 153 Å². The van der Waals surface area contributed by atoms with E-state index < -0.39 is 5.97 Å². The number of amides is 1. The average Bonchev–Trinajstić information content (AvgIpc) is 3.28. The van der Waals surface area contributed by atoms with Gasteiger partial charge < -0.3 is 15.0 Å². The Kier molecular flexibility index (Phi) is 4.47. The SMILES string of the molecule is COC(=O)c1ccc(C(=O)N2C[C@@H]3CNC[C@@H]3[C@@H]2c2ccccc2)cc1. The van der Waals surface area contributed by atoms with Gasteiger partial charge in [-0.2, -0.15) is 0 Å². The Hall–Kier alpha value is -2.66. The normalized spacial score (nSPS) is 24.3. The molecule has 1 N–H and O–H groups in total. The Bertz CT molecular complexity index is 804. The molecule has 3 atom stereocenters. The molecule has 0 aromatic heterocycles. The molecule has 2 aromatic carbocycles. The fourth-order valence-corrected chi connectivity index (χ4v) is 4.24. The zero-order valence-corrected chi connectivity index (χ0v) is 14.7. The topological polar surface area (TPSA) is 58.6 Å². The molecule has 26 heavy (non-hydrogen) atoms.